The lowest BCUT2D eigenvalue weighted by Gasteiger charge is -2.17. The highest BCUT2D eigenvalue weighted by Crippen LogP contribution is 2.38. The van der Waals surface area contributed by atoms with Crippen molar-refractivity contribution in [2.75, 3.05) is 12.8 Å². The number of methoxy groups -OCH3 is 1. The maximum Gasteiger partial charge on any atom is 0.410 e. The van der Waals surface area contributed by atoms with Crippen LogP contribution in [0, 0.1) is 11.6 Å². The average Bonchev–Trinajstić information content (AvgIpc) is 3.46. The van der Waals surface area contributed by atoms with Crippen LogP contribution in [0.2, 0.25) is 0 Å². The number of alkyl halides is 3. The second-order valence-corrected chi connectivity index (χ2v) is 8.21. The van der Waals surface area contributed by atoms with Crippen molar-refractivity contribution < 1.29 is 36.3 Å². The number of nitrogens with two attached hydrogens (primary N) is 2. The van der Waals surface area contributed by atoms with Crippen LogP contribution in [-0.4, -0.2) is 45.1 Å². The highest BCUT2D eigenvalue weighted by Gasteiger charge is 2.40. The number of rotatable bonds is 7. The summed E-state index contributed by atoms with van der Waals surface area (Å²) in [6, 6.07) is 2.01. The van der Waals surface area contributed by atoms with Gasteiger partial charge in [0.2, 0.25) is 0 Å². The summed E-state index contributed by atoms with van der Waals surface area (Å²) >= 11 is 0. The van der Waals surface area contributed by atoms with E-state index in [9.17, 15) is 27.2 Å². The van der Waals surface area contributed by atoms with Gasteiger partial charge < -0.3 is 21.5 Å². The number of nitrogens with one attached hydrogen (secondary N) is 2. The van der Waals surface area contributed by atoms with E-state index >= 15 is 4.39 Å². The van der Waals surface area contributed by atoms with Crippen molar-refractivity contribution in [3.8, 4) is 17.0 Å². The first-order valence-electron chi connectivity index (χ1n) is 10.9. The summed E-state index contributed by atoms with van der Waals surface area (Å²) in [6.07, 6.45) is -3.52. The molecule has 1 unspecified atom stereocenters. The zero-order valence-corrected chi connectivity index (χ0v) is 19.8. The van der Waals surface area contributed by atoms with Crippen LogP contribution in [0.4, 0.5) is 27.8 Å². The van der Waals surface area contributed by atoms with Crippen LogP contribution in [-0.2, 0) is 6.54 Å². The fraction of sp³-hybridized carbons (Fsp3) is 0.217. The maximum absolute atomic E-state index is 15.3. The van der Waals surface area contributed by atoms with Gasteiger partial charge in [-0.1, -0.05) is 0 Å². The van der Waals surface area contributed by atoms with Gasteiger partial charge in [-0.25, -0.2) is 13.5 Å². The maximum atomic E-state index is 15.3. The number of benzene rings is 2. The number of primary amides is 1. The Morgan fingerprint density at radius 2 is 1.95 bits per heavy atom. The highest BCUT2D eigenvalue weighted by atomic mass is 19.4. The van der Waals surface area contributed by atoms with Crippen molar-refractivity contribution in [2.45, 2.75) is 25.7 Å². The van der Waals surface area contributed by atoms with Crippen LogP contribution < -0.4 is 21.5 Å². The number of nitrogens with zero attached hydrogens (tertiary/aromatic N) is 3. The van der Waals surface area contributed by atoms with E-state index in [1.54, 1.807) is 0 Å². The first-order valence-corrected chi connectivity index (χ1v) is 10.9. The SMILES string of the molecule is COc1ccc(F)cc1C(=O)NCc1c(F)cc(-c2nn(C(C)C(F)(F)F)c(N)c2C(N)=O)c2cn[nH]c12. The van der Waals surface area contributed by atoms with Gasteiger partial charge in [0.05, 0.1) is 24.4 Å². The number of carbonyl (C=O) groups is 2. The normalized spacial score (nSPS) is 12.5. The van der Waals surface area contributed by atoms with Crippen LogP contribution in [0.1, 0.15) is 39.2 Å². The molecular weight excluding hydrogens is 517 g/mol. The monoisotopic (exact) mass is 537 g/mol. The molecule has 10 nitrogen and oxygen atoms in total. The summed E-state index contributed by atoms with van der Waals surface area (Å²) in [6.45, 7) is 0.388. The Kier molecular flexibility index (Phi) is 6.69. The Labute approximate surface area is 210 Å². The zero-order valence-electron chi connectivity index (χ0n) is 19.8. The zero-order chi connectivity index (χ0) is 27.9. The van der Waals surface area contributed by atoms with E-state index in [0.29, 0.717) is 4.68 Å². The van der Waals surface area contributed by atoms with Gasteiger partial charge in [0.15, 0.2) is 0 Å². The number of aromatic amines is 1. The summed E-state index contributed by atoms with van der Waals surface area (Å²) in [7, 11) is 1.29. The molecule has 15 heteroatoms. The third kappa shape index (κ3) is 4.57. The molecule has 1 atom stereocenters. The largest absolute Gasteiger partial charge is 0.496 e. The van der Waals surface area contributed by atoms with Gasteiger partial charge in [0.1, 0.15) is 40.5 Å². The van der Waals surface area contributed by atoms with Gasteiger partial charge in [-0.3, -0.25) is 14.7 Å². The van der Waals surface area contributed by atoms with Crippen molar-refractivity contribution in [3.63, 3.8) is 0 Å². The molecule has 0 bridgehead atoms. The lowest BCUT2D eigenvalue weighted by molar-refractivity contribution is -0.164. The van der Waals surface area contributed by atoms with Gasteiger partial charge in [0.25, 0.3) is 11.8 Å². The molecule has 0 fully saturated rings. The number of hydrogen-bond acceptors (Lipinski definition) is 6. The Hall–Kier alpha value is -4.69. The molecule has 0 saturated heterocycles. The molecule has 0 spiro atoms. The number of carbonyl (C=O) groups excluding carboxylic acids is 2. The molecule has 6 N–H and O–H groups in total. The molecule has 200 valence electrons. The van der Waals surface area contributed by atoms with Gasteiger partial charge >= 0.3 is 6.18 Å². The summed E-state index contributed by atoms with van der Waals surface area (Å²) in [5.74, 6) is -4.10. The van der Waals surface area contributed by atoms with E-state index < -0.39 is 53.6 Å². The van der Waals surface area contributed by atoms with E-state index in [0.717, 1.165) is 25.1 Å². The van der Waals surface area contributed by atoms with Crippen LogP contribution >= 0.6 is 0 Å². The van der Waals surface area contributed by atoms with E-state index in [1.807, 2.05) is 0 Å². The summed E-state index contributed by atoms with van der Waals surface area (Å²) in [4.78, 5) is 24.8. The molecule has 0 saturated carbocycles. The fourth-order valence-electron chi connectivity index (χ4n) is 3.93. The second-order valence-electron chi connectivity index (χ2n) is 8.21. The number of hydrogen-bond donors (Lipinski definition) is 4. The van der Waals surface area contributed by atoms with Gasteiger partial charge in [-0.2, -0.15) is 23.4 Å². The minimum atomic E-state index is -4.76. The van der Waals surface area contributed by atoms with Crippen LogP contribution in [0.15, 0.2) is 30.5 Å². The van der Waals surface area contributed by atoms with Crippen LogP contribution in [0.3, 0.4) is 0 Å². The molecule has 4 aromatic rings. The first kappa shape index (κ1) is 26.4. The molecule has 38 heavy (non-hydrogen) atoms. The smallest absolute Gasteiger partial charge is 0.410 e. The predicted molar refractivity (Wildman–Crippen MR) is 125 cm³/mol. The second kappa shape index (κ2) is 9.64. The summed E-state index contributed by atoms with van der Waals surface area (Å²) in [5.41, 5.74) is 10.0. The predicted octanol–water partition coefficient (Wildman–Crippen LogP) is 3.45. The van der Waals surface area contributed by atoms with Gasteiger partial charge in [0, 0.05) is 23.1 Å². The number of fused-ring (bicyclic) bond motifs is 1. The fourth-order valence-corrected chi connectivity index (χ4v) is 3.93. The average molecular weight is 537 g/mol. The van der Waals surface area contributed by atoms with Gasteiger partial charge in [-0.15, -0.1) is 0 Å². The quantitative estimate of drug-likeness (QED) is 0.265. The number of anilines is 1. The number of nitrogen functional groups attached to an aromatic ring is 1. The Balaban J connectivity index is 1.77. The molecule has 2 amide bonds. The number of aromatic nitrogens is 4. The van der Waals surface area contributed by atoms with Crippen molar-refractivity contribution in [1.82, 2.24) is 25.3 Å². The third-order valence-electron chi connectivity index (χ3n) is 5.91. The van der Waals surface area contributed by atoms with Crippen molar-refractivity contribution >= 4 is 28.5 Å². The van der Waals surface area contributed by atoms with E-state index in [-0.39, 0.29) is 39.0 Å². The standard InChI is InChI=1S/C23H20F5N7O3/c1-9(23(26,27)28)35-20(29)17(21(30)36)19(34-35)11-6-15(25)14(18-13(11)8-32-33-18)7-31-22(37)12-5-10(24)3-4-16(12)38-2/h3-6,8-9H,7,29H2,1-2H3,(H2,30,36)(H,31,37)(H,32,33). The molecule has 0 aliphatic carbocycles. The molecule has 0 aliphatic heterocycles. The van der Waals surface area contributed by atoms with Crippen LogP contribution in [0.5, 0.6) is 5.75 Å². The van der Waals surface area contributed by atoms with Crippen molar-refractivity contribution in [1.29, 1.82) is 0 Å². The minimum Gasteiger partial charge on any atom is -0.496 e. The molecule has 0 radical (unpaired) electrons. The molecule has 2 heterocycles. The number of amides is 2. The van der Waals surface area contributed by atoms with E-state index in [2.05, 4.69) is 20.6 Å². The number of ether oxygens (including phenoxy) is 1. The lowest BCUT2D eigenvalue weighted by atomic mass is 9.99. The molecule has 0 aliphatic rings. The number of H-pyrrole nitrogens is 1. The van der Waals surface area contributed by atoms with Crippen LogP contribution in [0.25, 0.3) is 22.2 Å². The molecular formula is C23H20F5N7O3. The summed E-state index contributed by atoms with van der Waals surface area (Å²) < 4.78 is 74.5. The van der Waals surface area contributed by atoms with E-state index in [4.69, 9.17) is 16.2 Å². The molecule has 4 rings (SSSR count). The number of halogens is 5. The van der Waals surface area contributed by atoms with Crippen molar-refractivity contribution in [2.24, 2.45) is 5.73 Å². The van der Waals surface area contributed by atoms with Crippen molar-refractivity contribution in [3.05, 3.63) is 58.8 Å². The first-order chi connectivity index (χ1) is 17.8. The topological polar surface area (TPSA) is 154 Å². The Bertz CT molecular complexity index is 1560. The highest BCUT2D eigenvalue weighted by molar-refractivity contribution is 6.07. The Morgan fingerprint density at radius 1 is 1.24 bits per heavy atom. The minimum absolute atomic E-state index is 0.0546. The third-order valence-corrected chi connectivity index (χ3v) is 5.91. The molecule has 2 aromatic carbocycles. The molecule has 2 aromatic heterocycles. The summed E-state index contributed by atoms with van der Waals surface area (Å²) in [5, 5.41) is 12.9. The van der Waals surface area contributed by atoms with Gasteiger partial charge in [-0.05, 0) is 31.2 Å². The lowest BCUT2D eigenvalue weighted by Crippen LogP contribution is -2.26. The van der Waals surface area contributed by atoms with E-state index in [1.165, 1.54) is 19.4 Å². The Morgan fingerprint density at radius 3 is 2.58 bits per heavy atom.